The predicted octanol–water partition coefficient (Wildman–Crippen LogP) is 1.99. The molecule has 0 radical (unpaired) electrons. The Balaban J connectivity index is 2.08. The van der Waals surface area contributed by atoms with Gasteiger partial charge in [0.1, 0.15) is 0 Å². The van der Waals surface area contributed by atoms with Crippen molar-refractivity contribution in [1.29, 1.82) is 0 Å². The summed E-state index contributed by atoms with van der Waals surface area (Å²) in [6.45, 7) is 0.731. The molecule has 2 heterocycles. The summed E-state index contributed by atoms with van der Waals surface area (Å²) in [6.07, 6.45) is 3.10. The maximum atomic E-state index is 13.9. The topological polar surface area (TPSA) is 67.1 Å². The lowest BCUT2D eigenvalue weighted by Gasteiger charge is -2.30. The van der Waals surface area contributed by atoms with Gasteiger partial charge in [0, 0.05) is 12.2 Å². The molecule has 1 aliphatic heterocycles. The van der Waals surface area contributed by atoms with Crippen LogP contribution in [0.25, 0.3) is 0 Å². The smallest absolute Gasteiger partial charge is 0.239 e. The maximum Gasteiger partial charge on any atom is 0.239 e. The molecule has 0 unspecified atom stereocenters. The fourth-order valence-electron chi connectivity index (χ4n) is 2.37. The molecule has 2 aromatic rings. The molecule has 0 aliphatic carbocycles. The third-order valence-corrected chi connectivity index (χ3v) is 3.22. The largest absolute Gasteiger partial charge is 0.324 e. The Morgan fingerprint density at radius 3 is 3.00 bits per heavy atom. The van der Waals surface area contributed by atoms with E-state index in [0.717, 1.165) is 31.3 Å². The van der Waals surface area contributed by atoms with Crippen LogP contribution in [0.2, 0.25) is 0 Å². The number of para-hydroxylation sites is 1. The number of hydrogen-bond acceptors (Lipinski definition) is 5. The molecule has 3 rings (SSSR count). The van der Waals surface area contributed by atoms with E-state index in [2.05, 4.69) is 21.5 Å². The van der Waals surface area contributed by atoms with Crippen molar-refractivity contribution in [3.63, 3.8) is 0 Å². The van der Waals surface area contributed by atoms with Crippen LogP contribution in [0.4, 0.5) is 21.8 Å². The van der Waals surface area contributed by atoms with Crippen LogP contribution < -0.4 is 16.2 Å². The molecule has 0 bridgehead atoms. The quantitative estimate of drug-likeness (QED) is 0.637. The molecule has 1 aromatic heterocycles. The molecule has 0 saturated heterocycles. The normalized spacial score (nSPS) is 14.1. The fraction of sp³-hybridized carbons (Fsp3) is 0.231. The van der Waals surface area contributed by atoms with E-state index in [1.54, 1.807) is 0 Å². The third-order valence-electron chi connectivity index (χ3n) is 3.22. The van der Waals surface area contributed by atoms with E-state index in [4.69, 9.17) is 5.84 Å². The van der Waals surface area contributed by atoms with Crippen molar-refractivity contribution >= 4 is 17.5 Å². The van der Waals surface area contributed by atoms with Crippen LogP contribution >= 0.6 is 0 Å². The Morgan fingerprint density at radius 1 is 1.32 bits per heavy atom. The van der Waals surface area contributed by atoms with Crippen LogP contribution in [-0.2, 0) is 6.42 Å². The molecule has 19 heavy (non-hydrogen) atoms. The van der Waals surface area contributed by atoms with E-state index in [0.29, 0.717) is 0 Å². The lowest BCUT2D eigenvalue weighted by atomic mass is 10.0. The molecule has 5 nitrogen and oxygen atoms in total. The second-order valence-electron chi connectivity index (χ2n) is 4.39. The number of nitrogen functional groups attached to an aromatic ring is 1. The average Bonchev–Trinajstić information content (AvgIpc) is 2.47. The number of nitrogens with one attached hydrogen (secondary N) is 1. The minimum Gasteiger partial charge on any atom is -0.324 e. The summed E-state index contributed by atoms with van der Waals surface area (Å²) in [7, 11) is 0. The van der Waals surface area contributed by atoms with E-state index in [9.17, 15) is 4.39 Å². The summed E-state index contributed by atoms with van der Waals surface area (Å²) in [5, 5.41) is 0. The first-order valence-corrected chi connectivity index (χ1v) is 6.14. The van der Waals surface area contributed by atoms with Gasteiger partial charge in [0.25, 0.3) is 0 Å². The highest BCUT2D eigenvalue weighted by molar-refractivity contribution is 5.66. The van der Waals surface area contributed by atoms with Crippen molar-refractivity contribution in [3.05, 3.63) is 41.8 Å². The van der Waals surface area contributed by atoms with Gasteiger partial charge in [-0.3, -0.25) is 5.43 Å². The average molecular weight is 259 g/mol. The number of fused-ring (bicyclic) bond motifs is 1. The van der Waals surface area contributed by atoms with Gasteiger partial charge in [-0.15, -0.1) is 0 Å². The van der Waals surface area contributed by atoms with Gasteiger partial charge in [-0.2, -0.15) is 4.98 Å². The minimum absolute atomic E-state index is 0.208. The number of nitrogens with zero attached hydrogens (tertiary/aromatic N) is 3. The molecule has 1 aliphatic rings. The molecule has 1 aromatic carbocycles. The first-order chi connectivity index (χ1) is 9.29. The Labute approximate surface area is 110 Å². The Hall–Kier alpha value is -2.21. The molecule has 6 heteroatoms. The van der Waals surface area contributed by atoms with Gasteiger partial charge in [-0.1, -0.05) is 18.2 Å². The van der Waals surface area contributed by atoms with E-state index in [1.165, 1.54) is 5.56 Å². The van der Waals surface area contributed by atoms with E-state index in [-0.39, 0.29) is 11.8 Å². The monoisotopic (exact) mass is 259 g/mol. The number of nitrogens with two attached hydrogens (primary N) is 1. The zero-order valence-corrected chi connectivity index (χ0v) is 10.3. The number of benzene rings is 1. The number of aromatic nitrogens is 2. The number of hydrogen-bond donors (Lipinski definition) is 2. The first kappa shape index (κ1) is 11.9. The zero-order valence-electron chi connectivity index (χ0n) is 10.3. The zero-order chi connectivity index (χ0) is 13.2. The van der Waals surface area contributed by atoms with E-state index >= 15 is 0 Å². The number of halogens is 1. The number of hydrazine groups is 1. The Bertz CT molecular complexity index is 601. The summed E-state index contributed by atoms with van der Waals surface area (Å²) >= 11 is 0. The lowest BCUT2D eigenvalue weighted by Crippen LogP contribution is -2.27. The van der Waals surface area contributed by atoms with Gasteiger partial charge in [-0.25, -0.2) is 15.2 Å². The molecule has 3 N–H and O–H groups in total. The first-order valence-electron chi connectivity index (χ1n) is 6.14. The number of anilines is 3. The van der Waals surface area contributed by atoms with E-state index < -0.39 is 5.82 Å². The van der Waals surface area contributed by atoms with Crippen molar-refractivity contribution in [1.82, 2.24) is 9.97 Å². The van der Waals surface area contributed by atoms with Gasteiger partial charge in [0.05, 0.1) is 6.20 Å². The molecule has 0 amide bonds. The van der Waals surface area contributed by atoms with Gasteiger partial charge >= 0.3 is 0 Å². The van der Waals surface area contributed by atoms with Gasteiger partial charge < -0.3 is 4.90 Å². The SMILES string of the molecule is NNc1ncc(F)c(N2CCCc3ccccc32)n1. The van der Waals surface area contributed by atoms with Crippen LogP contribution in [-0.4, -0.2) is 16.5 Å². The maximum absolute atomic E-state index is 13.9. The van der Waals surface area contributed by atoms with Crippen LogP contribution in [0.5, 0.6) is 0 Å². The van der Waals surface area contributed by atoms with Crippen LogP contribution in [0.3, 0.4) is 0 Å². The van der Waals surface area contributed by atoms with Crippen molar-refractivity contribution < 1.29 is 4.39 Å². The van der Waals surface area contributed by atoms with Crippen LogP contribution in [0, 0.1) is 5.82 Å². The standard InChI is InChI=1S/C13H14FN5/c14-10-8-16-13(18-15)17-12(10)19-7-3-5-9-4-1-2-6-11(9)19/h1-2,4,6,8H,3,5,7,15H2,(H,16,17,18). The Morgan fingerprint density at radius 2 is 2.16 bits per heavy atom. The van der Waals surface area contributed by atoms with Crippen molar-refractivity contribution in [2.24, 2.45) is 5.84 Å². The van der Waals surface area contributed by atoms with Crippen molar-refractivity contribution in [2.75, 3.05) is 16.9 Å². The molecule has 0 atom stereocenters. The van der Waals surface area contributed by atoms with Crippen molar-refractivity contribution in [3.8, 4) is 0 Å². The summed E-state index contributed by atoms with van der Waals surface area (Å²) in [4.78, 5) is 9.75. The molecule has 0 spiro atoms. The van der Waals surface area contributed by atoms with Gasteiger partial charge in [0.2, 0.25) is 5.95 Å². The molecule has 98 valence electrons. The predicted molar refractivity (Wildman–Crippen MR) is 71.6 cm³/mol. The molecule has 0 fully saturated rings. The summed E-state index contributed by atoms with van der Waals surface area (Å²) in [6, 6.07) is 7.97. The van der Waals surface area contributed by atoms with Gasteiger partial charge in [0.15, 0.2) is 11.6 Å². The lowest BCUT2D eigenvalue weighted by molar-refractivity contribution is 0.606. The minimum atomic E-state index is -0.448. The fourth-order valence-corrected chi connectivity index (χ4v) is 2.37. The van der Waals surface area contributed by atoms with Crippen LogP contribution in [0.1, 0.15) is 12.0 Å². The van der Waals surface area contributed by atoms with E-state index in [1.807, 2.05) is 23.1 Å². The summed E-state index contributed by atoms with van der Waals surface area (Å²) in [5.74, 6) is 5.30. The molecule has 0 saturated carbocycles. The van der Waals surface area contributed by atoms with Crippen molar-refractivity contribution in [2.45, 2.75) is 12.8 Å². The van der Waals surface area contributed by atoms with Gasteiger partial charge in [-0.05, 0) is 24.5 Å². The highest BCUT2D eigenvalue weighted by atomic mass is 19.1. The van der Waals surface area contributed by atoms with Crippen LogP contribution in [0.15, 0.2) is 30.5 Å². The Kier molecular flexibility index (Phi) is 3.00. The summed E-state index contributed by atoms with van der Waals surface area (Å²) in [5.41, 5.74) is 4.54. The summed E-state index contributed by atoms with van der Waals surface area (Å²) < 4.78 is 13.9. The highest BCUT2D eigenvalue weighted by Crippen LogP contribution is 2.33. The highest BCUT2D eigenvalue weighted by Gasteiger charge is 2.22. The number of rotatable bonds is 2. The molecular formula is C13H14FN5. The molecular weight excluding hydrogens is 245 g/mol. The second-order valence-corrected chi connectivity index (χ2v) is 4.39. The second kappa shape index (κ2) is 4.81. The third kappa shape index (κ3) is 2.10. The number of aryl methyl sites for hydroxylation is 1.